The highest BCUT2D eigenvalue weighted by Crippen LogP contribution is 2.30. The molecule has 0 saturated heterocycles. The molecule has 2 N–H and O–H groups in total. The van der Waals surface area contributed by atoms with Crippen molar-refractivity contribution in [1.29, 1.82) is 0 Å². The molecule has 20 heavy (non-hydrogen) atoms. The van der Waals surface area contributed by atoms with Gasteiger partial charge in [-0.3, -0.25) is 4.79 Å². The summed E-state index contributed by atoms with van der Waals surface area (Å²) in [5.41, 5.74) is 3.30. The molecule has 0 aliphatic carbocycles. The fourth-order valence-corrected chi connectivity index (χ4v) is 3.53. The lowest BCUT2D eigenvalue weighted by molar-refractivity contribution is -0.136. The number of carbonyl (C=O) groups is 1. The summed E-state index contributed by atoms with van der Waals surface area (Å²) in [6, 6.07) is 6.16. The first kappa shape index (κ1) is 14.8. The van der Waals surface area contributed by atoms with Crippen LogP contribution in [0.4, 0.5) is 10.8 Å². The topological polar surface area (TPSA) is 75.1 Å². The van der Waals surface area contributed by atoms with Gasteiger partial charge in [0.05, 0.1) is 0 Å². The Morgan fingerprint density at radius 2 is 1.95 bits per heavy atom. The number of benzene rings is 1. The Labute approximate surface area is 125 Å². The van der Waals surface area contributed by atoms with E-state index in [1.54, 1.807) is 6.92 Å². The first-order chi connectivity index (χ1) is 9.44. The summed E-state index contributed by atoms with van der Waals surface area (Å²) in [5.74, 6) is -0.853. The van der Waals surface area contributed by atoms with Crippen LogP contribution >= 0.6 is 23.1 Å². The molecule has 106 valence electrons. The van der Waals surface area contributed by atoms with Crippen LogP contribution in [0.5, 0.6) is 0 Å². The number of aryl methyl sites for hydroxylation is 2. The quantitative estimate of drug-likeness (QED) is 0.824. The molecule has 7 heteroatoms. The van der Waals surface area contributed by atoms with Crippen LogP contribution in [0.2, 0.25) is 0 Å². The summed E-state index contributed by atoms with van der Waals surface area (Å²) in [4.78, 5) is 10.8. The Morgan fingerprint density at radius 1 is 1.30 bits per heavy atom. The second-order valence-corrected chi connectivity index (χ2v) is 7.04. The number of aliphatic carboxylic acids is 1. The smallest absolute Gasteiger partial charge is 0.316 e. The zero-order valence-electron chi connectivity index (χ0n) is 11.4. The first-order valence-corrected chi connectivity index (χ1v) is 7.72. The van der Waals surface area contributed by atoms with Crippen LogP contribution in [-0.2, 0) is 4.79 Å². The van der Waals surface area contributed by atoms with Crippen LogP contribution in [0.1, 0.15) is 18.1 Å². The van der Waals surface area contributed by atoms with E-state index in [2.05, 4.69) is 21.6 Å². The molecule has 1 atom stereocenters. The SMILES string of the molecule is Cc1cc(C)cc(Nc2nnc(SC(C)C(=O)O)s2)c1. The van der Waals surface area contributed by atoms with Gasteiger partial charge in [0.15, 0.2) is 4.34 Å². The lowest BCUT2D eigenvalue weighted by Crippen LogP contribution is -2.10. The highest BCUT2D eigenvalue weighted by atomic mass is 32.2. The van der Waals surface area contributed by atoms with E-state index in [1.165, 1.54) is 34.2 Å². The lowest BCUT2D eigenvalue weighted by atomic mass is 10.1. The molecule has 1 unspecified atom stereocenters. The standard InChI is InChI=1S/C13H15N3O2S2/c1-7-4-8(2)6-10(5-7)14-12-15-16-13(20-12)19-9(3)11(17)18/h4-6,9H,1-3H3,(H,14,15)(H,17,18). The number of carboxylic acid groups (broad SMARTS) is 1. The lowest BCUT2D eigenvalue weighted by Gasteiger charge is -2.04. The molecule has 0 radical (unpaired) electrons. The average molecular weight is 309 g/mol. The summed E-state index contributed by atoms with van der Waals surface area (Å²) in [6.45, 7) is 5.70. The van der Waals surface area contributed by atoms with Crippen LogP contribution in [0.3, 0.4) is 0 Å². The molecule has 0 bridgehead atoms. The minimum atomic E-state index is -0.853. The van der Waals surface area contributed by atoms with Gasteiger partial charge in [-0.05, 0) is 44.0 Å². The van der Waals surface area contributed by atoms with Gasteiger partial charge >= 0.3 is 5.97 Å². The second kappa shape index (κ2) is 6.23. The molecule has 0 amide bonds. The predicted molar refractivity (Wildman–Crippen MR) is 82.1 cm³/mol. The molecule has 0 fully saturated rings. The molecular formula is C13H15N3O2S2. The predicted octanol–water partition coefficient (Wildman–Crippen LogP) is 3.46. The van der Waals surface area contributed by atoms with Gasteiger partial charge in [0, 0.05) is 5.69 Å². The van der Waals surface area contributed by atoms with Gasteiger partial charge in [0.2, 0.25) is 5.13 Å². The van der Waals surface area contributed by atoms with Crippen molar-refractivity contribution in [1.82, 2.24) is 10.2 Å². The molecule has 0 aliphatic rings. The van der Waals surface area contributed by atoms with E-state index in [0.717, 1.165) is 5.69 Å². The van der Waals surface area contributed by atoms with Crippen molar-refractivity contribution >= 4 is 39.9 Å². The van der Waals surface area contributed by atoms with Crippen LogP contribution in [0.15, 0.2) is 22.5 Å². The van der Waals surface area contributed by atoms with E-state index in [1.807, 2.05) is 26.0 Å². The van der Waals surface area contributed by atoms with Crippen molar-refractivity contribution in [2.75, 3.05) is 5.32 Å². The van der Waals surface area contributed by atoms with E-state index < -0.39 is 11.2 Å². The number of carboxylic acids is 1. The first-order valence-electron chi connectivity index (χ1n) is 6.02. The largest absolute Gasteiger partial charge is 0.480 e. The van der Waals surface area contributed by atoms with E-state index in [9.17, 15) is 4.79 Å². The third kappa shape index (κ3) is 3.94. The van der Waals surface area contributed by atoms with Crippen molar-refractivity contribution in [3.63, 3.8) is 0 Å². The molecular weight excluding hydrogens is 294 g/mol. The molecule has 1 aromatic heterocycles. The van der Waals surface area contributed by atoms with Gasteiger partial charge in [-0.15, -0.1) is 10.2 Å². The second-order valence-electron chi connectivity index (χ2n) is 4.47. The number of anilines is 2. The Morgan fingerprint density at radius 3 is 2.55 bits per heavy atom. The molecule has 0 spiro atoms. The van der Waals surface area contributed by atoms with Crippen LogP contribution in [0, 0.1) is 13.8 Å². The number of hydrogen-bond donors (Lipinski definition) is 2. The summed E-state index contributed by atoms with van der Waals surface area (Å²) in [7, 11) is 0. The zero-order valence-corrected chi connectivity index (χ0v) is 13.0. The van der Waals surface area contributed by atoms with Crippen molar-refractivity contribution in [2.45, 2.75) is 30.4 Å². The Kier molecular flexibility index (Phi) is 4.61. The van der Waals surface area contributed by atoms with Gasteiger partial charge in [-0.25, -0.2) is 0 Å². The number of aromatic nitrogens is 2. The minimum absolute atomic E-state index is 0.531. The van der Waals surface area contributed by atoms with Crippen LogP contribution in [0.25, 0.3) is 0 Å². The number of rotatable bonds is 5. The third-order valence-corrected chi connectivity index (χ3v) is 4.52. The van der Waals surface area contributed by atoms with E-state index in [0.29, 0.717) is 9.47 Å². The minimum Gasteiger partial charge on any atom is -0.480 e. The molecule has 2 aromatic rings. The Hall–Kier alpha value is -1.60. The maximum atomic E-state index is 10.8. The molecule has 0 aliphatic heterocycles. The van der Waals surface area contributed by atoms with Gasteiger partial charge < -0.3 is 10.4 Å². The van der Waals surface area contributed by atoms with Crippen molar-refractivity contribution in [3.8, 4) is 0 Å². The van der Waals surface area contributed by atoms with Gasteiger partial charge in [-0.2, -0.15) is 0 Å². The molecule has 5 nitrogen and oxygen atoms in total. The molecule has 2 rings (SSSR count). The summed E-state index contributed by atoms with van der Waals surface area (Å²) in [6.07, 6.45) is 0. The monoisotopic (exact) mass is 309 g/mol. The van der Waals surface area contributed by atoms with E-state index in [-0.39, 0.29) is 0 Å². The molecule has 1 aromatic carbocycles. The zero-order chi connectivity index (χ0) is 14.7. The number of nitrogens with zero attached hydrogens (tertiary/aromatic N) is 2. The number of hydrogen-bond acceptors (Lipinski definition) is 6. The average Bonchev–Trinajstić information content (AvgIpc) is 2.74. The van der Waals surface area contributed by atoms with Crippen LogP contribution in [-0.4, -0.2) is 26.5 Å². The van der Waals surface area contributed by atoms with E-state index >= 15 is 0 Å². The highest BCUT2D eigenvalue weighted by Gasteiger charge is 2.15. The Bertz CT molecular complexity index is 608. The highest BCUT2D eigenvalue weighted by molar-refractivity contribution is 8.02. The summed E-state index contributed by atoms with van der Waals surface area (Å²) in [5, 5.41) is 20.2. The molecule has 0 saturated carbocycles. The maximum Gasteiger partial charge on any atom is 0.316 e. The van der Waals surface area contributed by atoms with Crippen molar-refractivity contribution < 1.29 is 9.90 Å². The van der Waals surface area contributed by atoms with Crippen molar-refractivity contribution in [3.05, 3.63) is 29.3 Å². The fourth-order valence-electron chi connectivity index (χ4n) is 1.68. The third-order valence-electron chi connectivity index (χ3n) is 2.50. The fraction of sp³-hybridized carbons (Fsp3) is 0.308. The summed E-state index contributed by atoms with van der Waals surface area (Å²) >= 11 is 2.55. The van der Waals surface area contributed by atoms with Gasteiger partial charge in [0.1, 0.15) is 5.25 Å². The molecule has 1 heterocycles. The van der Waals surface area contributed by atoms with Crippen LogP contribution < -0.4 is 5.32 Å². The Balaban J connectivity index is 2.07. The van der Waals surface area contributed by atoms with Crippen molar-refractivity contribution in [2.24, 2.45) is 0 Å². The summed E-state index contributed by atoms with van der Waals surface area (Å²) < 4.78 is 0.645. The normalized spacial score (nSPS) is 12.2. The van der Waals surface area contributed by atoms with E-state index in [4.69, 9.17) is 5.11 Å². The number of thioether (sulfide) groups is 1. The number of nitrogens with one attached hydrogen (secondary N) is 1. The maximum absolute atomic E-state index is 10.8. The van der Waals surface area contributed by atoms with Gasteiger partial charge in [0.25, 0.3) is 0 Å². The van der Waals surface area contributed by atoms with Gasteiger partial charge in [-0.1, -0.05) is 29.2 Å².